The van der Waals surface area contributed by atoms with Crippen molar-refractivity contribution in [3.05, 3.63) is 29.8 Å². The van der Waals surface area contributed by atoms with E-state index in [4.69, 9.17) is 4.74 Å². The Labute approximate surface area is 135 Å². The highest BCUT2D eigenvalue weighted by molar-refractivity contribution is 7.99. The normalized spacial score (nSPS) is 10.8. The predicted octanol–water partition coefficient (Wildman–Crippen LogP) is 2.27. The number of ether oxygens (including phenoxy) is 1. The topological polar surface area (TPSA) is 64.9 Å². The third kappa shape index (κ3) is 5.65. The van der Waals surface area contributed by atoms with Gasteiger partial charge in [0.15, 0.2) is 0 Å². The molecule has 1 aromatic heterocycles. The molecule has 0 saturated heterocycles. The molecule has 0 radical (unpaired) electrons. The van der Waals surface area contributed by atoms with Crippen LogP contribution in [0.15, 0.2) is 29.4 Å². The van der Waals surface area contributed by atoms with Gasteiger partial charge in [-0.1, -0.05) is 30.8 Å². The predicted molar refractivity (Wildman–Crippen MR) is 88.1 cm³/mol. The van der Waals surface area contributed by atoms with Crippen molar-refractivity contribution in [2.45, 2.75) is 31.5 Å². The van der Waals surface area contributed by atoms with Crippen molar-refractivity contribution < 1.29 is 4.74 Å². The third-order valence-electron chi connectivity index (χ3n) is 3.04. The first-order valence-electron chi connectivity index (χ1n) is 7.57. The Morgan fingerprint density at radius 2 is 2.09 bits per heavy atom. The van der Waals surface area contributed by atoms with Gasteiger partial charge in [0.2, 0.25) is 5.16 Å². The van der Waals surface area contributed by atoms with Crippen LogP contribution in [0.1, 0.15) is 25.3 Å². The van der Waals surface area contributed by atoms with Crippen LogP contribution in [0, 0.1) is 0 Å². The van der Waals surface area contributed by atoms with Crippen molar-refractivity contribution in [1.29, 1.82) is 0 Å². The molecule has 0 saturated carbocycles. The molecule has 7 heteroatoms. The molecule has 0 aliphatic rings. The number of aryl methyl sites for hydroxylation is 1. The second-order valence-electron chi connectivity index (χ2n) is 4.96. The van der Waals surface area contributed by atoms with Crippen molar-refractivity contribution in [2.75, 3.05) is 18.9 Å². The highest BCUT2D eigenvalue weighted by Crippen LogP contribution is 2.13. The molecular weight excluding hydrogens is 298 g/mol. The quantitative estimate of drug-likeness (QED) is 0.535. The molecule has 1 aromatic carbocycles. The van der Waals surface area contributed by atoms with E-state index in [9.17, 15) is 0 Å². The fourth-order valence-corrected chi connectivity index (χ4v) is 2.65. The fourth-order valence-electron chi connectivity index (χ4n) is 1.86. The summed E-state index contributed by atoms with van der Waals surface area (Å²) < 4.78 is 7.27. The first-order chi connectivity index (χ1) is 10.8. The number of tetrazole rings is 1. The number of hydrogen-bond acceptors (Lipinski definition) is 6. The van der Waals surface area contributed by atoms with Gasteiger partial charge < -0.3 is 10.1 Å². The van der Waals surface area contributed by atoms with Crippen molar-refractivity contribution in [3.63, 3.8) is 0 Å². The Morgan fingerprint density at radius 1 is 1.27 bits per heavy atom. The number of nitrogens with zero attached hydrogens (tertiary/aromatic N) is 4. The number of nitrogens with one attached hydrogen (secondary N) is 1. The number of aromatic nitrogens is 4. The zero-order valence-electron chi connectivity index (χ0n) is 13.2. The smallest absolute Gasteiger partial charge is 0.209 e. The SMILES string of the molecule is CCCOc1ccc(CNCCCSc2nnnn2C)cc1. The Balaban J connectivity index is 1.57. The molecular formula is C15H23N5OS. The Bertz CT molecular complexity index is 543. The van der Waals surface area contributed by atoms with E-state index < -0.39 is 0 Å². The molecule has 0 bridgehead atoms. The Hall–Kier alpha value is -1.60. The van der Waals surface area contributed by atoms with E-state index in [2.05, 4.69) is 39.9 Å². The maximum Gasteiger partial charge on any atom is 0.209 e. The minimum Gasteiger partial charge on any atom is -0.494 e. The summed E-state index contributed by atoms with van der Waals surface area (Å²) in [6.45, 7) is 4.74. The van der Waals surface area contributed by atoms with Gasteiger partial charge in [-0.05, 0) is 47.5 Å². The zero-order chi connectivity index (χ0) is 15.6. The lowest BCUT2D eigenvalue weighted by molar-refractivity contribution is 0.317. The van der Waals surface area contributed by atoms with E-state index in [1.807, 2.05) is 19.2 Å². The lowest BCUT2D eigenvalue weighted by Gasteiger charge is -2.07. The van der Waals surface area contributed by atoms with Crippen molar-refractivity contribution in [3.8, 4) is 5.75 Å². The van der Waals surface area contributed by atoms with Crippen LogP contribution in [0.5, 0.6) is 5.75 Å². The van der Waals surface area contributed by atoms with Gasteiger partial charge in [-0.15, -0.1) is 5.10 Å². The minimum absolute atomic E-state index is 0.774. The second-order valence-corrected chi connectivity index (χ2v) is 6.02. The molecule has 6 nitrogen and oxygen atoms in total. The molecule has 0 unspecified atom stereocenters. The van der Waals surface area contributed by atoms with Gasteiger partial charge in [0.1, 0.15) is 5.75 Å². The van der Waals surface area contributed by atoms with Gasteiger partial charge in [0.25, 0.3) is 0 Å². The van der Waals surface area contributed by atoms with Crippen LogP contribution in [0.3, 0.4) is 0 Å². The standard InChI is InChI=1S/C15H23N5OS/c1-3-10-21-14-7-5-13(6-8-14)12-16-9-4-11-22-15-17-18-19-20(15)2/h5-8,16H,3-4,9-12H2,1-2H3. The largest absolute Gasteiger partial charge is 0.494 e. The molecule has 0 amide bonds. The lowest BCUT2D eigenvalue weighted by atomic mass is 10.2. The van der Waals surface area contributed by atoms with Crippen molar-refractivity contribution in [1.82, 2.24) is 25.5 Å². The van der Waals surface area contributed by atoms with Gasteiger partial charge in [0.05, 0.1) is 6.61 Å². The molecule has 22 heavy (non-hydrogen) atoms. The van der Waals surface area contributed by atoms with E-state index in [1.165, 1.54) is 5.56 Å². The van der Waals surface area contributed by atoms with Gasteiger partial charge in [0, 0.05) is 19.3 Å². The number of benzene rings is 1. The van der Waals surface area contributed by atoms with Crippen LogP contribution in [-0.4, -0.2) is 39.1 Å². The number of thioether (sulfide) groups is 1. The van der Waals surface area contributed by atoms with Crippen LogP contribution >= 0.6 is 11.8 Å². The highest BCUT2D eigenvalue weighted by Gasteiger charge is 2.01. The minimum atomic E-state index is 0.774. The summed E-state index contributed by atoms with van der Waals surface area (Å²) in [5.41, 5.74) is 1.27. The van der Waals surface area contributed by atoms with E-state index in [-0.39, 0.29) is 0 Å². The first kappa shape index (κ1) is 16.8. The highest BCUT2D eigenvalue weighted by atomic mass is 32.2. The van der Waals surface area contributed by atoms with E-state index in [0.717, 1.165) is 49.2 Å². The molecule has 0 aliphatic heterocycles. The average molecular weight is 321 g/mol. The third-order valence-corrected chi connectivity index (χ3v) is 4.13. The summed E-state index contributed by atoms with van der Waals surface area (Å²) in [6, 6.07) is 8.28. The molecule has 120 valence electrons. The van der Waals surface area contributed by atoms with Crippen molar-refractivity contribution >= 4 is 11.8 Å². The maximum absolute atomic E-state index is 5.57. The molecule has 1 heterocycles. The summed E-state index contributed by atoms with van der Waals surface area (Å²) >= 11 is 1.68. The summed E-state index contributed by atoms with van der Waals surface area (Å²) in [5.74, 6) is 1.95. The molecule has 0 spiro atoms. The molecule has 0 aliphatic carbocycles. The van der Waals surface area contributed by atoms with Crippen LogP contribution in [-0.2, 0) is 13.6 Å². The van der Waals surface area contributed by atoms with Crippen LogP contribution < -0.4 is 10.1 Å². The van der Waals surface area contributed by atoms with Crippen LogP contribution in [0.4, 0.5) is 0 Å². The molecule has 0 atom stereocenters. The van der Waals surface area contributed by atoms with E-state index >= 15 is 0 Å². The van der Waals surface area contributed by atoms with Gasteiger partial charge in [-0.2, -0.15) is 0 Å². The Morgan fingerprint density at radius 3 is 2.77 bits per heavy atom. The summed E-state index contributed by atoms with van der Waals surface area (Å²) in [5, 5.41) is 15.7. The maximum atomic E-state index is 5.57. The molecule has 2 rings (SSSR count). The Kier molecular flexibility index (Phi) is 7.18. The summed E-state index contributed by atoms with van der Waals surface area (Å²) in [6.07, 6.45) is 2.11. The average Bonchev–Trinajstić information content (AvgIpc) is 2.95. The second kappa shape index (κ2) is 9.42. The first-order valence-corrected chi connectivity index (χ1v) is 8.55. The zero-order valence-corrected chi connectivity index (χ0v) is 14.0. The fraction of sp³-hybridized carbons (Fsp3) is 0.533. The summed E-state index contributed by atoms with van der Waals surface area (Å²) in [4.78, 5) is 0. The number of rotatable bonds is 10. The van der Waals surface area contributed by atoms with Gasteiger partial charge >= 0.3 is 0 Å². The van der Waals surface area contributed by atoms with Crippen LogP contribution in [0.25, 0.3) is 0 Å². The lowest BCUT2D eigenvalue weighted by Crippen LogP contribution is -2.15. The van der Waals surface area contributed by atoms with Crippen LogP contribution in [0.2, 0.25) is 0 Å². The monoisotopic (exact) mass is 321 g/mol. The van der Waals surface area contributed by atoms with E-state index in [1.54, 1.807) is 16.4 Å². The van der Waals surface area contributed by atoms with Gasteiger partial charge in [-0.25, -0.2) is 4.68 Å². The molecule has 1 N–H and O–H groups in total. The van der Waals surface area contributed by atoms with E-state index in [0.29, 0.717) is 0 Å². The van der Waals surface area contributed by atoms with Crippen molar-refractivity contribution in [2.24, 2.45) is 7.05 Å². The molecule has 2 aromatic rings. The summed E-state index contributed by atoms with van der Waals surface area (Å²) in [7, 11) is 1.86. The molecule has 0 fully saturated rings. The number of hydrogen-bond donors (Lipinski definition) is 1. The van der Waals surface area contributed by atoms with Gasteiger partial charge in [-0.3, -0.25) is 0 Å².